The summed E-state index contributed by atoms with van der Waals surface area (Å²) in [6.45, 7) is 1.72. The molecule has 0 aliphatic carbocycles. The van der Waals surface area contributed by atoms with Gasteiger partial charge in [-0.25, -0.2) is 0 Å². The summed E-state index contributed by atoms with van der Waals surface area (Å²) in [6.07, 6.45) is 1.55. The standard InChI is InChI=1S/C27H32BN2O3P/c1-29(27(32)22-30(2)28-23-31)18-19-33-20-21-34(24-12-6-3-7-13-24,25-14-8-4-9-15-25)26-16-10-5-11-17-26/h3-17,23H,18-22H2,1-2H3/q+1. The molecule has 0 unspecified atom stereocenters. The third-order valence-electron chi connectivity index (χ3n) is 5.86. The third kappa shape index (κ3) is 6.63. The zero-order valence-electron chi connectivity index (χ0n) is 19.9. The van der Waals surface area contributed by atoms with Crippen molar-refractivity contribution < 1.29 is 14.3 Å². The predicted octanol–water partition coefficient (Wildman–Crippen LogP) is 2.20. The van der Waals surface area contributed by atoms with E-state index in [-0.39, 0.29) is 12.5 Å². The molecule has 175 valence electrons. The Balaban J connectivity index is 1.72. The molecule has 3 aromatic rings. The number of hydrogen-bond donors (Lipinski definition) is 0. The van der Waals surface area contributed by atoms with Crippen molar-refractivity contribution in [2.45, 2.75) is 0 Å². The van der Waals surface area contributed by atoms with Crippen molar-refractivity contribution in [3.63, 3.8) is 0 Å². The highest BCUT2D eigenvalue weighted by atomic mass is 31.2. The average Bonchev–Trinajstić information content (AvgIpc) is 2.88. The van der Waals surface area contributed by atoms with Crippen molar-refractivity contribution in [1.29, 1.82) is 0 Å². The summed E-state index contributed by atoms with van der Waals surface area (Å²) >= 11 is 0. The molecule has 3 rings (SSSR count). The first-order valence-corrected chi connectivity index (χ1v) is 13.4. The summed E-state index contributed by atoms with van der Waals surface area (Å²) in [5, 5.41) is 3.99. The van der Waals surface area contributed by atoms with Crippen LogP contribution in [-0.4, -0.2) is 75.8 Å². The minimum atomic E-state index is -1.91. The Labute approximate surface area is 204 Å². The predicted molar refractivity (Wildman–Crippen MR) is 144 cm³/mol. The second-order valence-corrected chi connectivity index (χ2v) is 11.8. The molecule has 5 nitrogen and oxygen atoms in total. The van der Waals surface area contributed by atoms with Crippen molar-refractivity contribution in [3.05, 3.63) is 91.0 Å². The molecule has 0 bridgehead atoms. The number of carbonyl (C=O) groups excluding carboxylic acids is 2. The fourth-order valence-corrected chi connectivity index (χ4v) is 8.12. The van der Waals surface area contributed by atoms with E-state index in [9.17, 15) is 9.59 Å². The lowest BCUT2D eigenvalue weighted by Gasteiger charge is -2.27. The molecule has 1 radical (unpaired) electrons. The zero-order valence-corrected chi connectivity index (χ0v) is 20.8. The largest absolute Gasteiger partial charge is 0.376 e. The molecule has 1 amide bonds. The van der Waals surface area contributed by atoms with Crippen LogP contribution in [0.25, 0.3) is 0 Å². The van der Waals surface area contributed by atoms with Crippen LogP contribution in [0.5, 0.6) is 0 Å². The summed E-state index contributed by atoms with van der Waals surface area (Å²) in [7, 11) is 2.90. The number of nitrogens with zero attached hydrogens (tertiary/aromatic N) is 2. The Morgan fingerprint density at radius 3 is 1.74 bits per heavy atom. The van der Waals surface area contributed by atoms with Crippen molar-refractivity contribution in [3.8, 4) is 0 Å². The summed E-state index contributed by atoms with van der Waals surface area (Å²) in [4.78, 5) is 26.1. The maximum absolute atomic E-state index is 12.3. The van der Waals surface area contributed by atoms with Gasteiger partial charge in [0.2, 0.25) is 5.91 Å². The molecule has 0 atom stereocenters. The number of hydrogen-bond acceptors (Lipinski definition) is 4. The lowest BCUT2D eigenvalue weighted by Crippen LogP contribution is -2.40. The maximum atomic E-state index is 12.3. The molecule has 0 saturated carbocycles. The monoisotopic (exact) mass is 474 g/mol. The molecule has 0 aliphatic rings. The Hall–Kier alpha value is -2.79. The summed E-state index contributed by atoms with van der Waals surface area (Å²) in [5.74, 6) is -0.0519. The number of carbonyl (C=O) groups is 2. The Kier molecular flexibility index (Phi) is 10.0. The highest BCUT2D eigenvalue weighted by molar-refractivity contribution is 7.95. The van der Waals surface area contributed by atoms with Crippen molar-refractivity contribution in [2.75, 3.05) is 46.6 Å². The van der Waals surface area contributed by atoms with Gasteiger partial charge in [-0.05, 0) is 43.4 Å². The van der Waals surface area contributed by atoms with E-state index < -0.39 is 7.26 Å². The minimum Gasteiger partial charge on any atom is -0.376 e. The van der Waals surface area contributed by atoms with E-state index in [0.717, 1.165) is 6.16 Å². The SMILES string of the molecule is CN([B]C=O)CC(=O)N(C)CCOCC[P+](c1ccccc1)(c1ccccc1)c1ccccc1. The van der Waals surface area contributed by atoms with Gasteiger partial charge in [0.15, 0.2) is 0 Å². The lowest BCUT2D eigenvalue weighted by atomic mass is 9.96. The maximum Gasteiger partial charge on any atom is 0.293 e. The zero-order chi connectivity index (χ0) is 24.2. The van der Waals surface area contributed by atoms with E-state index in [1.165, 1.54) is 23.3 Å². The average molecular weight is 474 g/mol. The normalized spacial score (nSPS) is 11.3. The topological polar surface area (TPSA) is 49.9 Å². The van der Waals surface area contributed by atoms with E-state index in [0.29, 0.717) is 25.9 Å². The molecule has 0 spiro atoms. The molecule has 0 aliphatic heterocycles. The van der Waals surface area contributed by atoms with Gasteiger partial charge in [-0.15, -0.1) is 0 Å². The first-order chi connectivity index (χ1) is 16.6. The Morgan fingerprint density at radius 1 is 0.824 bits per heavy atom. The first-order valence-electron chi connectivity index (χ1n) is 11.4. The van der Waals surface area contributed by atoms with Crippen molar-refractivity contribution in [1.82, 2.24) is 9.71 Å². The molecule has 0 heterocycles. The molecule has 34 heavy (non-hydrogen) atoms. The third-order valence-corrected chi connectivity index (χ3v) is 10.3. The Bertz CT molecular complexity index is 925. The molecule has 0 aromatic heterocycles. The van der Waals surface area contributed by atoms with Gasteiger partial charge in [0.05, 0.1) is 32.1 Å². The fraction of sp³-hybridized carbons (Fsp3) is 0.259. The fourth-order valence-electron chi connectivity index (χ4n) is 4.00. The van der Waals surface area contributed by atoms with E-state index in [2.05, 4.69) is 91.0 Å². The molecular weight excluding hydrogens is 442 g/mol. The van der Waals surface area contributed by atoms with Gasteiger partial charge in [-0.3, -0.25) is 4.79 Å². The van der Waals surface area contributed by atoms with Crippen LogP contribution in [-0.2, 0) is 14.3 Å². The van der Waals surface area contributed by atoms with Gasteiger partial charge in [-0.1, -0.05) is 54.6 Å². The van der Waals surface area contributed by atoms with Gasteiger partial charge >= 0.3 is 0 Å². The van der Waals surface area contributed by atoms with Gasteiger partial charge < -0.3 is 19.2 Å². The van der Waals surface area contributed by atoms with E-state index in [1.54, 1.807) is 23.8 Å². The van der Waals surface area contributed by atoms with E-state index in [1.807, 2.05) is 0 Å². The van der Waals surface area contributed by atoms with Crippen LogP contribution in [0, 0.1) is 0 Å². The number of rotatable bonds is 13. The van der Waals surface area contributed by atoms with Gasteiger partial charge in [0.1, 0.15) is 23.2 Å². The minimum absolute atomic E-state index is 0.0519. The highest BCUT2D eigenvalue weighted by Crippen LogP contribution is 2.54. The smallest absolute Gasteiger partial charge is 0.293 e. The second kappa shape index (κ2) is 13.2. The van der Waals surface area contributed by atoms with Crippen LogP contribution in [0.1, 0.15) is 0 Å². The van der Waals surface area contributed by atoms with E-state index in [4.69, 9.17) is 4.74 Å². The molecule has 7 heteroatoms. The number of benzene rings is 3. The van der Waals surface area contributed by atoms with E-state index >= 15 is 0 Å². The van der Waals surface area contributed by atoms with Crippen LogP contribution in [0.4, 0.5) is 0 Å². The molecule has 0 fully saturated rings. The summed E-state index contributed by atoms with van der Waals surface area (Å²) in [6, 6.07) is 32.2. The molecule has 0 saturated heterocycles. The first kappa shape index (κ1) is 25.8. The number of ether oxygens (including phenoxy) is 1. The van der Waals surface area contributed by atoms with Crippen molar-refractivity contribution >= 4 is 42.7 Å². The summed E-state index contributed by atoms with van der Waals surface area (Å²) in [5.41, 5.74) is 0. The van der Waals surface area contributed by atoms with Crippen LogP contribution >= 0.6 is 7.26 Å². The molecule has 0 N–H and O–H groups in total. The molecule has 3 aromatic carbocycles. The second-order valence-electron chi connectivity index (χ2n) is 8.17. The van der Waals surface area contributed by atoms with Crippen molar-refractivity contribution in [2.24, 2.45) is 0 Å². The number of amides is 1. The van der Waals surface area contributed by atoms with Gasteiger partial charge in [-0.2, -0.15) is 0 Å². The quantitative estimate of drug-likeness (QED) is 0.165. The lowest BCUT2D eigenvalue weighted by molar-refractivity contribution is -0.130. The van der Waals surface area contributed by atoms with Gasteiger partial charge in [0.25, 0.3) is 7.41 Å². The van der Waals surface area contributed by atoms with Gasteiger partial charge in [0, 0.05) is 13.6 Å². The highest BCUT2D eigenvalue weighted by Gasteiger charge is 2.44. The Morgan fingerprint density at radius 2 is 1.29 bits per heavy atom. The van der Waals surface area contributed by atoms with Crippen LogP contribution < -0.4 is 15.9 Å². The number of likely N-dealkylation sites (N-methyl/N-ethyl adjacent to an activating group) is 2. The molecular formula is C27H32BN2O3P+. The summed E-state index contributed by atoms with van der Waals surface area (Å²) < 4.78 is 6.08. The van der Waals surface area contributed by atoms with Crippen LogP contribution in [0.3, 0.4) is 0 Å². The van der Waals surface area contributed by atoms with Crippen LogP contribution in [0.15, 0.2) is 91.0 Å². The van der Waals surface area contributed by atoms with Crippen LogP contribution in [0.2, 0.25) is 0 Å².